The zero-order valence-corrected chi connectivity index (χ0v) is 10.9. The predicted molar refractivity (Wildman–Crippen MR) is 74.9 cm³/mol. The molecule has 1 aromatic carbocycles. The minimum atomic E-state index is -0.0449. The van der Waals surface area contributed by atoms with Gasteiger partial charge in [-0.2, -0.15) is 0 Å². The fraction of sp³-hybridized carbons (Fsp3) is 0.500. The molecule has 3 N–H and O–H groups in total. The van der Waals surface area contributed by atoms with Crippen LogP contribution in [0.4, 0.5) is 11.4 Å². The number of carbonyl (C=O) groups is 1. The van der Waals surface area contributed by atoms with Crippen molar-refractivity contribution < 1.29 is 4.79 Å². The van der Waals surface area contributed by atoms with E-state index in [1.54, 1.807) is 6.07 Å². The van der Waals surface area contributed by atoms with Gasteiger partial charge in [-0.25, -0.2) is 0 Å². The first kappa shape index (κ1) is 12.7. The molecule has 0 saturated carbocycles. The van der Waals surface area contributed by atoms with Gasteiger partial charge in [-0.3, -0.25) is 4.79 Å². The lowest BCUT2D eigenvalue weighted by Crippen LogP contribution is -2.24. The molecule has 0 radical (unpaired) electrons. The topological polar surface area (TPSA) is 58.4 Å². The molecular formula is C14H21N3O. The van der Waals surface area contributed by atoms with Crippen molar-refractivity contribution in [2.24, 2.45) is 0 Å². The summed E-state index contributed by atoms with van der Waals surface area (Å²) in [5.41, 5.74) is 8.44. The van der Waals surface area contributed by atoms with E-state index in [0.29, 0.717) is 17.8 Å². The lowest BCUT2D eigenvalue weighted by atomic mass is 10.1. The zero-order chi connectivity index (χ0) is 13.0. The van der Waals surface area contributed by atoms with E-state index >= 15 is 0 Å². The second-order valence-electron chi connectivity index (χ2n) is 4.72. The standard InChI is InChI=1S/C14H21N3O/c1-2-7-16-14(18)11-5-6-13(12(15)10-11)17-8-3-4-9-17/h5-6,10H,2-4,7-9,15H2,1H3,(H,16,18). The smallest absolute Gasteiger partial charge is 0.251 e. The first-order valence-electron chi connectivity index (χ1n) is 6.65. The van der Waals surface area contributed by atoms with Crippen LogP contribution in [0, 0.1) is 0 Å². The van der Waals surface area contributed by atoms with Crippen LogP contribution in [-0.4, -0.2) is 25.5 Å². The molecule has 0 aromatic heterocycles. The number of amides is 1. The third-order valence-electron chi connectivity index (χ3n) is 3.27. The van der Waals surface area contributed by atoms with Gasteiger partial charge in [0.25, 0.3) is 5.91 Å². The van der Waals surface area contributed by atoms with Crippen molar-refractivity contribution in [3.05, 3.63) is 23.8 Å². The lowest BCUT2D eigenvalue weighted by Gasteiger charge is -2.20. The van der Waals surface area contributed by atoms with Crippen LogP contribution in [-0.2, 0) is 0 Å². The summed E-state index contributed by atoms with van der Waals surface area (Å²) < 4.78 is 0. The molecule has 1 aliphatic heterocycles. The molecule has 0 bridgehead atoms. The van der Waals surface area contributed by atoms with Crippen LogP contribution >= 0.6 is 0 Å². The molecule has 1 aromatic rings. The molecule has 0 unspecified atom stereocenters. The third-order valence-corrected chi connectivity index (χ3v) is 3.27. The molecule has 1 aliphatic rings. The third kappa shape index (κ3) is 2.75. The van der Waals surface area contributed by atoms with Crippen LogP contribution < -0.4 is 16.0 Å². The Bertz CT molecular complexity index is 425. The normalized spacial score (nSPS) is 14.8. The molecule has 2 rings (SSSR count). The number of nitrogens with zero attached hydrogens (tertiary/aromatic N) is 1. The molecule has 1 heterocycles. The highest BCUT2D eigenvalue weighted by Gasteiger charge is 2.16. The average Bonchev–Trinajstić information content (AvgIpc) is 2.89. The van der Waals surface area contributed by atoms with E-state index < -0.39 is 0 Å². The second-order valence-corrected chi connectivity index (χ2v) is 4.72. The van der Waals surface area contributed by atoms with Crippen LogP contribution in [0.3, 0.4) is 0 Å². The summed E-state index contributed by atoms with van der Waals surface area (Å²) in [5, 5.41) is 2.86. The van der Waals surface area contributed by atoms with Gasteiger partial charge in [0.05, 0.1) is 11.4 Å². The van der Waals surface area contributed by atoms with E-state index in [4.69, 9.17) is 5.73 Å². The highest BCUT2D eigenvalue weighted by atomic mass is 16.1. The van der Waals surface area contributed by atoms with E-state index in [1.807, 2.05) is 19.1 Å². The fourth-order valence-electron chi connectivity index (χ4n) is 2.28. The quantitative estimate of drug-likeness (QED) is 0.800. The van der Waals surface area contributed by atoms with Gasteiger partial charge < -0.3 is 16.0 Å². The number of nitrogens with two attached hydrogens (primary N) is 1. The number of hydrogen-bond acceptors (Lipinski definition) is 3. The maximum Gasteiger partial charge on any atom is 0.251 e. The number of hydrogen-bond donors (Lipinski definition) is 2. The van der Waals surface area contributed by atoms with Crippen molar-refractivity contribution >= 4 is 17.3 Å². The highest BCUT2D eigenvalue weighted by molar-refractivity contribution is 5.96. The summed E-state index contributed by atoms with van der Waals surface area (Å²) in [6.45, 7) is 4.86. The van der Waals surface area contributed by atoms with Gasteiger partial charge in [-0.1, -0.05) is 6.92 Å². The van der Waals surface area contributed by atoms with Crippen LogP contribution in [0.5, 0.6) is 0 Å². The largest absolute Gasteiger partial charge is 0.397 e. The predicted octanol–water partition coefficient (Wildman–Crippen LogP) is 2.01. The van der Waals surface area contributed by atoms with Gasteiger partial charge in [-0.05, 0) is 37.5 Å². The Kier molecular flexibility index (Phi) is 4.07. The van der Waals surface area contributed by atoms with E-state index in [2.05, 4.69) is 10.2 Å². The van der Waals surface area contributed by atoms with Gasteiger partial charge in [0.15, 0.2) is 0 Å². The van der Waals surface area contributed by atoms with Crippen molar-refractivity contribution in [3.8, 4) is 0 Å². The SMILES string of the molecule is CCCNC(=O)c1ccc(N2CCCC2)c(N)c1. The Hall–Kier alpha value is -1.71. The molecule has 18 heavy (non-hydrogen) atoms. The Morgan fingerprint density at radius 1 is 1.39 bits per heavy atom. The van der Waals surface area contributed by atoms with Gasteiger partial charge in [-0.15, -0.1) is 0 Å². The summed E-state index contributed by atoms with van der Waals surface area (Å²) in [6.07, 6.45) is 3.38. The van der Waals surface area contributed by atoms with E-state index in [1.165, 1.54) is 12.8 Å². The fourth-order valence-corrected chi connectivity index (χ4v) is 2.28. The van der Waals surface area contributed by atoms with Crippen molar-refractivity contribution in [3.63, 3.8) is 0 Å². The second kappa shape index (κ2) is 5.76. The minimum absolute atomic E-state index is 0.0449. The number of benzene rings is 1. The summed E-state index contributed by atoms with van der Waals surface area (Å²) in [4.78, 5) is 14.1. The van der Waals surface area contributed by atoms with Gasteiger partial charge >= 0.3 is 0 Å². The van der Waals surface area contributed by atoms with Crippen LogP contribution in [0.15, 0.2) is 18.2 Å². The minimum Gasteiger partial charge on any atom is -0.397 e. The van der Waals surface area contributed by atoms with Crippen molar-refractivity contribution in [1.29, 1.82) is 0 Å². The molecule has 0 spiro atoms. The van der Waals surface area contributed by atoms with E-state index in [-0.39, 0.29) is 5.91 Å². The van der Waals surface area contributed by atoms with E-state index in [9.17, 15) is 4.79 Å². The number of nitrogen functional groups attached to an aromatic ring is 1. The Balaban J connectivity index is 2.11. The van der Waals surface area contributed by atoms with Gasteiger partial charge in [0.1, 0.15) is 0 Å². The number of rotatable bonds is 4. The number of carbonyl (C=O) groups excluding carboxylic acids is 1. The Morgan fingerprint density at radius 3 is 2.72 bits per heavy atom. The first-order chi connectivity index (χ1) is 8.72. The summed E-state index contributed by atoms with van der Waals surface area (Å²) in [6, 6.07) is 5.59. The van der Waals surface area contributed by atoms with Crippen molar-refractivity contribution in [1.82, 2.24) is 5.32 Å². The zero-order valence-electron chi connectivity index (χ0n) is 10.9. The van der Waals surface area contributed by atoms with Crippen LogP contribution in [0.2, 0.25) is 0 Å². The van der Waals surface area contributed by atoms with Crippen molar-refractivity contribution in [2.45, 2.75) is 26.2 Å². The summed E-state index contributed by atoms with van der Waals surface area (Å²) in [7, 11) is 0. The Labute approximate surface area is 108 Å². The monoisotopic (exact) mass is 247 g/mol. The maximum absolute atomic E-state index is 11.8. The number of nitrogens with one attached hydrogen (secondary N) is 1. The number of anilines is 2. The molecule has 4 nitrogen and oxygen atoms in total. The van der Waals surface area contributed by atoms with Gasteiger partial charge in [0, 0.05) is 25.2 Å². The molecule has 1 amide bonds. The molecule has 98 valence electrons. The van der Waals surface area contributed by atoms with Gasteiger partial charge in [0.2, 0.25) is 0 Å². The van der Waals surface area contributed by atoms with E-state index in [0.717, 1.165) is 25.2 Å². The first-order valence-corrected chi connectivity index (χ1v) is 6.65. The summed E-state index contributed by atoms with van der Waals surface area (Å²) in [5.74, 6) is -0.0449. The van der Waals surface area contributed by atoms with Crippen LogP contribution in [0.25, 0.3) is 0 Å². The molecule has 1 fully saturated rings. The highest BCUT2D eigenvalue weighted by Crippen LogP contribution is 2.27. The molecule has 4 heteroatoms. The molecule has 0 atom stereocenters. The molecule has 0 aliphatic carbocycles. The molecular weight excluding hydrogens is 226 g/mol. The van der Waals surface area contributed by atoms with Crippen molar-refractivity contribution in [2.75, 3.05) is 30.3 Å². The lowest BCUT2D eigenvalue weighted by molar-refractivity contribution is 0.0953. The Morgan fingerprint density at radius 2 is 2.11 bits per heavy atom. The molecule has 1 saturated heterocycles. The summed E-state index contributed by atoms with van der Waals surface area (Å²) >= 11 is 0. The van der Waals surface area contributed by atoms with Crippen LogP contribution in [0.1, 0.15) is 36.5 Å². The average molecular weight is 247 g/mol. The maximum atomic E-state index is 11.8.